The molecule has 0 atom stereocenters. The van der Waals surface area contributed by atoms with Crippen molar-refractivity contribution in [3.05, 3.63) is 39.9 Å². The number of carboxylic acid groups (broad SMARTS) is 1. The monoisotopic (exact) mass is 370 g/mol. The normalized spacial score (nSPS) is 19.8. The van der Waals surface area contributed by atoms with E-state index in [1.807, 2.05) is 0 Å². The topological polar surface area (TPSA) is 46.5 Å². The van der Waals surface area contributed by atoms with Gasteiger partial charge in [0.1, 0.15) is 12.4 Å². The second-order valence-corrected chi connectivity index (χ2v) is 7.31. The average Bonchev–Trinajstić information content (AvgIpc) is 2.77. The average molecular weight is 371 g/mol. The Kier molecular flexibility index (Phi) is 5.32. The molecule has 1 saturated carbocycles. The summed E-state index contributed by atoms with van der Waals surface area (Å²) in [5.41, 5.74) is 2.35. The summed E-state index contributed by atoms with van der Waals surface area (Å²) in [6, 6.07) is 5.06. The first-order valence-corrected chi connectivity index (χ1v) is 8.93. The molecule has 3 nitrogen and oxygen atoms in total. The molecule has 0 amide bonds. The van der Waals surface area contributed by atoms with Crippen LogP contribution in [0.5, 0.6) is 5.75 Å². The minimum absolute atomic E-state index is 0.00659. The number of carbonyl (C=O) groups is 1. The molecular formula is C19H21ClF2O3. The molecule has 3 rings (SSSR count). The van der Waals surface area contributed by atoms with E-state index in [9.17, 15) is 13.6 Å². The highest BCUT2D eigenvalue weighted by Gasteiger charge is 2.42. The molecule has 1 aromatic rings. The van der Waals surface area contributed by atoms with Crippen molar-refractivity contribution in [2.45, 2.75) is 50.9 Å². The Morgan fingerprint density at radius 3 is 2.68 bits per heavy atom. The van der Waals surface area contributed by atoms with Gasteiger partial charge in [-0.1, -0.05) is 29.7 Å². The smallest absolute Gasteiger partial charge is 0.303 e. The van der Waals surface area contributed by atoms with E-state index < -0.39 is 11.9 Å². The van der Waals surface area contributed by atoms with Gasteiger partial charge in [-0.3, -0.25) is 4.79 Å². The van der Waals surface area contributed by atoms with Crippen molar-refractivity contribution in [3.8, 4) is 5.75 Å². The first kappa shape index (κ1) is 18.2. The Morgan fingerprint density at radius 1 is 1.32 bits per heavy atom. The maximum absolute atomic E-state index is 13.8. The van der Waals surface area contributed by atoms with E-state index >= 15 is 0 Å². The maximum Gasteiger partial charge on any atom is 0.303 e. The third-order valence-corrected chi connectivity index (χ3v) is 5.37. The van der Waals surface area contributed by atoms with E-state index in [1.165, 1.54) is 0 Å². The van der Waals surface area contributed by atoms with Gasteiger partial charge in [0.05, 0.1) is 0 Å². The zero-order valence-corrected chi connectivity index (χ0v) is 14.6. The molecule has 0 aliphatic heterocycles. The van der Waals surface area contributed by atoms with Gasteiger partial charge >= 0.3 is 5.97 Å². The van der Waals surface area contributed by atoms with Crippen LogP contribution in [0.1, 0.15) is 44.1 Å². The van der Waals surface area contributed by atoms with E-state index in [0.29, 0.717) is 23.1 Å². The molecule has 0 saturated heterocycles. The standard InChI is InChI=1S/C19H21ClF2O3/c20-17-8-15(6-4-13(17)5-7-18(23)24)25-11-14-9-19(21,22)10-16(14)12-2-1-3-12/h4,6,8,12H,1-3,5,7,9-11H2,(H,23,24). The second kappa shape index (κ2) is 7.32. The number of hydrogen-bond donors (Lipinski definition) is 1. The van der Waals surface area contributed by atoms with Crippen LogP contribution in [-0.4, -0.2) is 23.6 Å². The first-order valence-electron chi connectivity index (χ1n) is 8.56. The number of carboxylic acids is 1. The van der Waals surface area contributed by atoms with E-state index in [-0.39, 0.29) is 25.9 Å². The molecule has 0 spiro atoms. The lowest BCUT2D eigenvalue weighted by molar-refractivity contribution is -0.136. The van der Waals surface area contributed by atoms with Crippen LogP contribution in [0.15, 0.2) is 29.3 Å². The molecule has 0 aromatic heterocycles. The third-order valence-electron chi connectivity index (χ3n) is 5.02. The van der Waals surface area contributed by atoms with Gasteiger partial charge in [0, 0.05) is 24.3 Å². The molecule has 1 aromatic carbocycles. The number of allylic oxidation sites excluding steroid dienone is 1. The molecule has 0 radical (unpaired) electrons. The lowest BCUT2D eigenvalue weighted by Crippen LogP contribution is -2.17. The van der Waals surface area contributed by atoms with Crippen LogP contribution < -0.4 is 4.74 Å². The number of benzene rings is 1. The highest BCUT2D eigenvalue weighted by Crippen LogP contribution is 2.47. The van der Waals surface area contributed by atoms with Crippen molar-refractivity contribution in [1.29, 1.82) is 0 Å². The summed E-state index contributed by atoms with van der Waals surface area (Å²) in [6.45, 7) is 0.159. The number of hydrogen-bond acceptors (Lipinski definition) is 2. The fourth-order valence-electron chi connectivity index (χ4n) is 3.46. The highest BCUT2D eigenvalue weighted by atomic mass is 35.5. The minimum Gasteiger partial charge on any atom is -0.489 e. The van der Waals surface area contributed by atoms with E-state index in [4.69, 9.17) is 21.4 Å². The van der Waals surface area contributed by atoms with Gasteiger partial charge in [0.15, 0.2) is 0 Å². The lowest BCUT2D eigenvalue weighted by atomic mass is 9.78. The summed E-state index contributed by atoms with van der Waals surface area (Å²) < 4.78 is 33.3. The predicted octanol–water partition coefficient (Wildman–Crippen LogP) is 5.26. The van der Waals surface area contributed by atoms with Crippen LogP contribution in [0, 0.1) is 5.92 Å². The Bertz CT molecular complexity index is 696. The van der Waals surface area contributed by atoms with Crippen LogP contribution >= 0.6 is 11.6 Å². The molecule has 136 valence electrons. The SMILES string of the molecule is O=C(O)CCc1ccc(OCC2=C(C3CCC3)CC(F)(F)C2)cc1Cl. The summed E-state index contributed by atoms with van der Waals surface area (Å²) in [6.07, 6.45) is 3.11. The van der Waals surface area contributed by atoms with Crippen molar-refractivity contribution in [2.24, 2.45) is 5.92 Å². The summed E-state index contributed by atoms with van der Waals surface area (Å²) in [5, 5.41) is 9.16. The van der Waals surface area contributed by atoms with Crippen LogP contribution in [-0.2, 0) is 11.2 Å². The van der Waals surface area contributed by atoms with Crippen LogP contribution in [0.25, 0.3) is 0 Å². The van der Waals surface area contributed by atoms with Crippen LogP contribution in [0.4, 0.5) is 8.78 Å². The fourth-order valence-corrected chi connectivity index (χ4v) is 3.72. The number of aliphatic carboxylic acids is 1. The molecule has 0 heterocycles. The van der Waals surface area contributed by atoms with Gasteiger partial charge in [-0.2, -0.15) is 0 Å². The number of aryl methyl sites for hydroxylation is 1. The summed E-state index contributed by atoms with van der Waals surface area (Å²) >= 11 is 6.16. The zero-order valence-electron chi connectivity index (χ0n) is 13.9. The predicted molar refractivity (Wildman–Crippen MR) is 91.5 cm³/mol. The number of alkyl halides is 2. The molecule has 0 bridgehead atoms. The number of ether oxygens (including phenoxy) is 1. The fraction of sp³-hybridized carbons (Fsp3) is 0.526. The molecule has 25 heavy (non-hydrogen) atoms. The number of halogens is 3. The van der Waals surface area contributed by atoms with Gasteiger partial charge in [0.2, 0.25) is 0 Å². The van der Waals surface area contributed by atoms with Gasteiger partial charge in [-0.15, -0.1) is 0 Å². The van der Waals surface area contributed by atoms with Crippen molar-refractivity contribution >= 4 is 17.6 Å². The molecular weight excluding hydrogens is 350 g/mol. The highest BCUT2D eigenvalue weighted by molar-refractivity contribution is 6.31. The largest absolute Gasteiger partial charge is 0.489 e. The van der Waals surface area contributed by atoms with Crippen LogP contribution in [0.3, 0.4) is 0 Å². The van der Waals surface area contributed by atoms with Gasteiger partial charge in [-0.25, -0.2) is 8.78 Å². The van der Waals surface area contributed by atoms with Crippen molar-refractivity contribution in [2.75, 3.05) is 6.61 Å². The summed E-state index contributed by atoms with van der Waals surface area (Å²) in [4.78, 5) is 10.6. The van der Waals surface area contributed by atoms with E-state index in [0.717, 1.165) is 36.0 Å². The van der Waals surface area contributed by atoms with E-state index in [2.05, 4.69) is 0 Å². The Hall–Kier alpha value is -1.62. The Balaban J connectivity index is 1.64. The molecule has 2 aliphatic rings. The molecule has 1 N–H and O–H groups in total. The molecule has 6 heteroatoms. The van der Waals surface area contributed by atoms with Crippen molar-refractivity contribution in [1.82, 2.24) is 0 Å². The minimum atomic E-state index is -2.65. The third kappa shape index (κ3) is 4.51. The Labute approximate surface area is 150 Å². The van der Waals surface area contributed by atoms with Crippen molar-refractivity contribution in [3.63, 3.8) is 0 Å². The van der Waals surface area contributed by atoms with Crippen LogP contribution in [0.2, 0.25) is 5.02 Å². The molecule has 2 aliphatic carbocycles. The lowest BCUT2D eigenvalue weighted by Gasteiger charge is -2.28. The maximum atomic E-state index is 13.8. The zero-order chi connectivity index (χ0) is 18.0. The summed E-state index contributed by atoms with van der Waals surface area (Å²) in [7, 11) is 0. The number of rotatable bonds is 7. The first-order chi connectivity index (χ1) is 11.8. The van der Waals surface area contributed by atoms with Gasteiger partial charge in [-0.05, 0) is 48.4 Å². The molecule has 1 fully saturated rings. The van der Waals surface area contributed by atoms with Gasteiger partial charge < -0.3 is 9.84 Å². The Morgan fingerprint density at radius 2 is 2.08 bits per heavy atom. The van der Waals surface area contributed by atoms with Gasteiger partial charge in [0.25, 0.3) is 5.92 Å². The second-order valence-electron chi connectivity index (χ2n) is 6.90. The molecule has 0 unspecified atom stereocenters. The summed E-state index contributed by atoms with van der Waals surface area (Å²) in [5.74, 6) is -2.72. The quantitative estimate of drug-likeness (QED) is 0.666. The van der Waals surface area contributed by atoms with E-state index in [1.54, 1.807) is 18.2 Å². The van der Waals surface area contributed by atoms with Crippen molar-refractivity contribution < 1.29 is 23.4 Å².